The second-order valence-corrected chi connectivity index (χ2v) is 8.59. The summed E-state index contributed by atoms with van der Waals surface area (Å²) in [6.07, 6.45) is 8.11. The van der Waals surface area contributed by atoms with Gasteiger partial charge in [-0.3, -0.25) is 10.2 Å². The lowest BCUT2D eigenvalue weighted by Gasteiger charge is -2.21. The van der Waals surface area contributed by atoms with Crippen LogP contribution >= 0.6 is 22.9 Å². The normalized spacial score (nSPS) is 13.4. The number of carbonyl (C=O) groups excluding carboxylic acids is 1. The Kier molecular flexibility index (Phi) is 4.62. The van der Waals surface area contributed by atoms with Crippen molar-refractivity contribution in [1.82, 2.24) is 15.0 Å². The number of aromatic nitrogens is 2. The minimum Gasteiger partial charge on any atom is -0.322 e. The highest BCUT2D eigenvalue weighted by Crippen LogP contribution is 2.44. The monoisotopic (exact) mass is 422 g/mol. The molecule has 3 heterocycles. The Bertz CT molecular complexity index is 1210. The van der Waals surface area contributed by atoms with Gasteiger partial charge in [-0.05, 0) is 66.6 Å². The molecule has 3 N–H and O–H groups in total. The van der Waals surface area contributed by atoms with Crippen molar-refractivity contribution in [2.75, 3.05) is 0 Å². The molecule has 4 aromatic rings. The van der Waals surface area contributed by atoms with Crippen LogP contribution < -0.4 is 11.3 Å². The summed E-state index contributed by atoms with van der Waals surface area (Å²) in [5.74, 6) is 5.19. The van der Waals surface area contributed by atoms with Crippen LogP contribution in [0, 0.1) is 0 Å². The number of nitrogens with two attached hydrogens (primary N) is 1. The Morgan fingerprint density at radius 1 is 1.14 bits per heavy atom. The fourth-order valence-electron chi connectivity index (χ4n) is 4.15. The highest BCUT2D eigenvalue weighted by molar-refractivity contribution is 7.21. The topological polar surface area (TPSA) is 72.9 Å². The smallest absolute Gasteiger partial charge is 0.277 e. The second kappa shape index (κ2) is 7.30. The summed E-state index contributed by atoms with van der Waals surface area (Å²) in [4.78, 5) is 19.0. The van der Waals surface area contributed by atoms with E-state index in [9.17, 15) is 4.79 Å². The first-order valence-corrected chi connectivity index (χ1v) is 10.8. The van der Waals surface area contributed by atoms with Crippen molar-refractivity contribution in [3.05, 3.63) is 69.9 Å². The first-order valence-electron chi connectivity index (χ1n) is 9.56. The van der Waals surface area contributed by atoms with Gasteiger partial charge in [0.05, 0.1) is 5.69 Å². The molecule has 0 spiro atoms. The third-order valence-electron chi connectivity index (χ3n) is 5.42. The minimum atomic E-state index is -0.309. The number of hydrogen-bond donors (Lipinski definition) is 2. The van der Waals surface area contributed by atoms with Gasteiger partial charge in [0.25, 0.3) is 5.91 Å². The number of hydrazine groups is 1. The molecule has 1 aliphatic carbocycles. The number of nitrogens with one attached hydrogen (secondary N) is 1. The number of amides is 1. The fraction of sp³-hybridized carbons (Fsp3) is 0.182. The molecule has 0 saturated carbocycles. The summed E-state index contributed by atoms with van der Waals surface area (Å²) in [7, 11) is 0. The van der Waals surface area contributed by atoms with Gasteiger partial charge in [0.2, 0.25) is 0 Å². The van der Waals surface area contributed by atoms with Crippen LogP contribution in [0.4, 0.5) is 0 Å². The number of benzene rings is 1. The number of thiophene rings is 1. The fourth-order valence-corrected chi connectivity index (χ4v) is 5.39. The first-order chi connectivity index (χ1) is 14.2. The van der Waals surface area contributed by atoms with E-state index >= 15 is 0 Å². The molecule has 1 amide bonds. The molecule has 29 heavy (non-hydrogen) atoms. The molecule has 7 heteroatoms. The SMILES string of the molecule is NNC(=O)c1sc2nc3c(c(-c4ccc(Cl)cc4)c2c1-n1cccc1)CCCC3. The van der Waals surface area contributed by atoms with E-state index in [4.69, 9.17) is 22.4 Å². The molecule has 1 aliphatic rings. The molecule has 1 aromatic carbocycles. The van der Waals surface area contributed by atoms with Gasteiger partial charge in [-0.1, -0.05) is 23.7 Å². The van der Waals surface area contributed by atoms with Crippen LogP contribution in [0.3, 0.4) is 0 Å². The van der Waals surface area contributed by atoms with Gasteiger partial charge in [-0.2, -0.15) is 0 Å². The third kappa shape index (κ3) is 3.04. The van der Waals surface area contributed by atoms with Gasteiger partial charge in [-0.15, -0.1) is 11.3 Å². The highest BCUT2D eigenvalue weighted by Gasteiger charge is 2.27. The van der Waals surface area contributed by atoms with Crippen LogP contribution in [0.15, 0.2) is 48.8 Å². The van der Waals surface area contributed by atoms with Gasteiger partial charge >= 0.3 is 0 Å². The van der Waals surface area contributed by atoms with Crippen molar-refractivity contribution >= 4 is 39.1 Å². The third-order valence-corrected chi connectivity index (χ3v) is 6.75. The van der Waals surface area contributed by atoms with Crippen molar-refractivity contribution in [1.29, 1.82) is 0 Å². The maximum atomic E-state index is 12.6. The largest absolute Gasteiger partial charge is 0.322 e. The maximum absolute atomic E-state index is 12.6. The van der Waals surface area contributed by atoms with Gasteiger partial charge in [0, 0.05) is 28.5 Å². The lowest BCUT2D eigenvalue weighted by Crippen LogP contribution is -2.30. The summed E-state index contributed by atoms with van der Waals surface area (Å²) in [5.41, 5.74) is 7.76. The van der Waals surface area contributed by atoms with Crippen LogP contribution in [0.1, 0.15) is 33.8 Å². The van der Waals surface area contributed by atoms with Gasteiger partial charge in [0.1, 0.15) is 9.71 Å². The van der Waals surface area contributed by atoms with E-state index in [1.54, 1.807) is 0 Å². The summed E-state index contributed by atoms with van der Waals surface area (Å²) >= 11 is 7.55. The van der Waals surface area contributed by atoms with E-state index in [0.29, 0.717) is 9.90 Å². The van der Waals surface area contributed by atoms with Crippen molar-refractivity contribution < 1.29 is 4.79 Å². The van der Waals surface area contributed by atoms with E-state index in [-0.39, 0.29) is 5.91 Å². The van der Waals surface area contributed by atoms with Crippen molar-refractivity contribution in [3.63, 3.8) is 0 Å². The van der Waals surface area contributed by atoms with Crippen LogP contribution in [0.25, 0.3) is 27.0 Å². The molecule has 0 saturated heterocycles. The average Bonchev–Trinajstić information content (AvgIpc) is 3.39. The average molecular weight is 423 g/mol. The Hall–Kier alpha value is -2.67. The quantitative estimate of drug-likeness (QED) is 0.280. The summed E-state index contributed by atoms with van der Waals surface area (Å²) in [5, 5.41) is 1.69. The predicted molar refractivity (Wildman–Crippen MR) is 118 cm³/mol. The Labute approximate surface area is 177 Å². The van der Waals surface area contributed by atoms with E-state index < -0.39 is 0 Å². The van der Waals surface area contributed by atoms with Crippen LogP contribution in [-0.4, -0.2) is 15.5 Å². The molecule has 3 aromatic heterocycles. The molecule has 146 valence electrons. The molecule has 5 rings (SSSR count). The number of carbonyl (C=O) groups is 1. The number of nitrogens with zero attached hydrogens (tertiary/aromatic N) is 2. The van der Waals surface area contributed by atoms with Gasteiger partial charge in [-0.25, -0.2) is 10.8 Å². The molecular formula is C22H19ClN4OS. The van der Waals surface area contributed by atoms with Crippen molar-refractivity contribution in [2.45, 2.75) is 25.7 Å². The molecule has 5 nitrogen and oxygen atoms in total. The van der Waals surface area contributed by atoms with Crippen molar-refractivity contribution in [2.24, 2.45) is 5.84 Å². The summed E-state index contributed by atoms with van der Waals surface area (Å²) < 4.78 is 1.97. The number of aryl methyl sites for hydroxylation is 1. The zero-order valence-electron chi connectivity index (χ0n) is 15.6. The molecule has 0 bridgehead atoms. The zero-order chi connectivity index (χ0) is 20.0. The molecule has 0 radical (unpaired) electrons. The maximum Gasteiger partial charge on any atom is 0.277 e. The van der Waals surface area contributed by atoms with E-state index in [0.717, 1.165) is 58.4 Å². The van der Waals surface area contributed by atoms with Crippen LogP contribution in [0.5, 0.6) is 0 Å². The van der Waals surface area contributed by atoms with E-state index in [1.807, 2.05) is 53.4 Å². The minimum absolute atomic E-state index is 0.309. The van der Waals surface area contributed by atoms with Crippen LogP contribution in [-0.2, 0) is 12.8 Å². The van der Waals surface area contributed by atoms with Crippen LogP contribution in [0.2, 0.25) is 5.02 Å². The number of hydrogen-bond acceptors (Lipinski definition) is 4. The molecular weight excluding hydrogens is 404 g/mol. The number of pyridine rings is 1. The Morgan fingerprint density at radius 3 is 2.59 bits per heavy atom. The van der Waals surface area contributed by atoms with Gasteiger partial charge < -0.3 is 4.57 Å². The molecule has 0 atom stereocenters. The van der Waals surface area contributed by atoms with E-state index in [1.165, 1.54) is 16.9 Å². The first kappa shape index (κ1) is 18.4. The number of fused-ring (bicyclic) bond motifs is 2. The lowest BCUT2D eigenvalue weighted by molar-refractivity contribution is 0.0958. The molecule has 0 unspecified atom stereocenters. The lowest BCUT2D eigenvalue weighted by atomic mass is 9.87. The number of halogens is 1. The highest BCUT2D eigenvalue weighted by atomic mass is 35.5. The predicted octanol–water partition coefficient (Wildman–Crippen LogP) is 4.89. The number of rotatable bonds is 3. The standard InChI is InChI=1S/C22H19ClN4OS/c23-14-9-7-13(8-10-14)17-15-5-1-2-6-16(15)25-22-18(17)19(27-11-3-4-12-27)20(29-22)21(28)26-24/h3-4,7-12H,1-2,5-6,24H2,(H,26,28). The molecule has 0 fully saturated rings. The van der Waals surface area contributed by atoms with E-state index in [2.05, 4.69) is 5.43 Å². The van der Waals surface area contributed by atoms with Crippen molar-refractivity contribution in [3.8, 4) is 16.8 Å². The number of nitrogen functional groups attached to an aromatic ring is 1. The summed E-state index contributed by atoms with van der Waals surface area (Å²) in [6.45, 7) is 0. The zero-order valence-corrected chi connectivity index (χ0v) is 17.2. The summed E-state index contributed by atoms with van der Waals surface area (Å²) in [6, 6.07) is 11.8. The van der Waals surface area contributed by atoms with Gasteiger partial charge in [0.15, 0.2) is 0 Å². The second-order valence-electron chi connectivity index (χ2n) is 7.15. The Balaban J connectivity index is 1.93. The Morgan fingerprint density at radius 2 is 1.86 bits per heavy atom. The molecule has 0 aliphatic heterocycles.